The number of aliphatic hydroxyl groups is 1. The van der Waals surface area contributed by atoms with Gasteiger partial charge in [-0.3, -0.25) is 0 Å². The summed E-state index contributed by atoms with van der Waals surface area (Å²) in [5.74, 6) is 0. The molecule has 1 aliphatic heterocycles. The highest BCUT2D eigenvalue weighted by Crippen LogP contribution is 2.37. The molecule has 2 rings (SSSR count). The fourth-order valence-corrected chi connectivity index (χ4v) is 1.97. The van der Waals surface area contributed by atoms with E-state index in [0.717, 1.165) is 18.0 Å². The lowest BCUT2D eigenvalue weighted by atomic mass is 10.1. The first-order valence-electron chi connectivity index (χ1n) is 4.88. The molecule has 4 heteroatoms. The molecule has 78 valence electrons. The molecule has 0 saturated carbocycles. The number of anilines is 2. The summed E-state index contributed by atoms with van der Waals surface area (Å²) in [7, 11) is 1.98. The number of hydrogen-bond donors (Lipinski definition) is 1. The number of rotatable bonds is 2. The Morgan fingerprint density at radius 3 is 3.00 bits per heavy atom. The zero-order valence-electron chi connectivity index (χ0n) is 8.64. The van der Waals surface area contributed by atoms with Crippen molar-refractivity contribution in [2.45, 2.75) is 0 Å². The molecule has 0 spiro atoms. The van der Waals surface area contributed by atoms with Gasteiger partial charge in [-0.25, -0.2) is 0 Å². The van der Waals surface area contributed by atoms with Crippen molar-refractivity contribution < 1.29 is 5.11 Å². The van der Waals surface area contributed by atoms with Crippen molar-refractivity contribution in [3.8, 4) is 6.07 Å². The Bertz CT molecular complexity index is 411. The first-order chi connectivity index (χ1) is 7.27. The Morgan fingerprint density at radius 1 is 1.53 bits per heavy atom. The Labute approximate surface area is 89.0 Å². The minimum Gasteiger partial charge on any atom is -0.395 e. The largest absolute Gasteiger partial charge is 0.395 e. The first-order valence-corrected chi connectivity index (χ1v) is 4.88. The standard InChI is InChI=1S/C11H13N3O/c1-13-8-14(5-6-15)11-9(7-12)3-2-4-10(11)13/h2-4,15H,5-6,8H2,1H3. The van der Waals surface area contributed by atoms with Gasteiger partial charge < -0.3 is 14.9 Å². The van der Waals surface area contributed by atoms with E-state index in [1.54, 1.807) is 0 Å². The number of nitrogens with zero attached hydrogens (tertiary/aromatic N) is 3. The SMILES string of the molecule is CN1CN(CCO)c2c(C#N)cccc21. The van der Waals surface area contributed by atoms with Gasteiger partial charge in [-0.05, 0) is 12.1 Å². The fourth-order valence-electron chi connectivity index (χ4n) is 1.97. The average molecular weight is 203 g/mol. The molecular formula is C11H13N3O. The zero-order valence-corrected chi connectivity index (χ0v) is 8.64. The van der Waals surface area contributed by atoms with Gasteiger partial charge in [0.2, 0.25) is 0 Å². The highest BCUT2D eigenvalue weighted by Gasteiger charge is 2.25. The van der Waals surface area contributed by atoms with E-state index in [4.69, 9.17) is 10.4 Å². The molecule has 0 aliphatic carbocycles. The number of β-amino-alcohol motifs (C(OH)–C–C–N with tert-alkyl or cyclic N) is 1. The molecule has 0 fully saturated rings. The second kappa shape index (κ2) is 3.79. The van der Waals surface area contributed by atoms with Crippen LogP contribution in [-0.2, 0) is 0 Å². The summed E-state index contributed by atoms with van der Waals surface area (Å²) in [5.41, 5.74) is 2.67. The van der Waals surface area contributed by atoms with Crippen molar-refractivity contribution in [3.05, 3.63) is 23.8 Å². The van der Waals surface area contributed by atoms with Crippen molar-refractivity contribution >= 4 is 11.4 Å². The first kappa shape index (κ1) is 9.81. The van der Waals surface area contributed by atoms with Crippen LogP contribution >= 0.6 is 0 Å². The van der Waals surface area contributed by atoms with Crippen LogP contribution in [0, 0.1) is 11.3 Å². The van der Waals surface area contributed by atoms with Crippen LogP contribution in [0.25, 0.3) is 0 Å². The van der Waals surface area contributed by atoms with E-state index >= 15 is 0 Å². The molecule has 1 heterocycles. The average Bonchev–Trinajstić information content (AvgIpc) is 2.57. The third-order valence-electron chi connectivity index (χ3n) is 2.62. The second-order valence-corrected chi connectivity index (χ2v) is 3.61. The number of nitriles is 1. The van der Waals surface area contributed by atoms with Gasteiger partial charge in [-0.1, -0.05) is 6.07 Å². The van der Waals surface area contributed by atoms with E-state index in [1.807, 2.05) is 30.1 Å². The number of para-hydroxylation sites is 1. The molecule has 4 nitrogen and oxygen atoms in total. The van der Waals surface area contributed by atoms with Crippen LogP contribution in [0.3, 0.4) is 0 Å². The van der Waals surface area contributed by atoms with E-state index in [9.17, 15) is 0 Å². The zero-order chi connectivity index (χ0) is 10.8. The number of fused-ring (bicyclic) bond motifs is 1. The van der Waals surface area contributed by atoms with Crippen LogP contribution in [0.2, 0.25) is 0 Å². The third kappa shape index (κ3) is 1.51. The summed E-state index contributed by atoms with van der Waals surface area (Å²) in [5, 5.41) is 18.0. The molecule has 0 aromatic heterocycles. The van der Waals surface area contributed by atoms with Crippen molar-refractivity contribution in [1.29, 1.82) is 5.26 Å². The third-order valence-corrected chi connectivity index (χ3v) is 2.62. The van der Waals surface area contributed by atoms with Crippen LogP contribution in [0.4, 0.5) is 11.4 Å². The van der Waals surface area contributed by atoms with Crippen LogP contribution < -0.4 is 9.80 Å². The molecule has 15 heavy (non-hydrogen) atoms. The van der Waals surface area contributed by atoms with E-state index in [0.29, 0.717) is 12.1 Å². The Hall–Kier alpha value is -1.73. The normalized spacial score (nSPS) is 13.9. The summed E-state index contributed by atoms with van der Waals surface area (Å²) >= 11 is 0. The Morgan fingerprint density at radius 2 is 2.33 bits per heavy atom. The van der Waals surface area contributed by atoms with Gasteiger partial charge in [0.05, 0.1) is 30.2 Å². The van der Waals surface area contributed by atoms with Crippen molar-refractivity contribution in [2.24, 2.45) is 0 Å². The summed E-state index contributed by atoms with van der Waals surface area (Å²) < 4.78 is 0. The Balaban J connectivity index is 2.47. The molecule has 0 radical (unpaired) electrons. The highest BCUT2D eigenvalue weighted by molar-refractivity contribution is 5.81. The van der Waals surface area contributed by atoms with Gasteiger partial charge in [-0.15, -0.1) is 0 Å². The van der Waals surface area contributed by atoms with Crippen molar-refractivity contribution in [3.63, 3.8) is 0 Å². The lowest BCUT2D eigenvalue weighted by Gasteiger charge is -2.18. The van der Waals surface area contributed by atoms with Gasteiger partial charge in [0, 0.05) is 13.6 Å². The molecule has 0 atom stereocenters. The molecule has 0 amide bonds. The summed E-state index contributed by atoms with van der Waals surface area (Å²) in [6.07, 6.45) is 0. The van der Waals surface area contributed by atoms with Gasteiger partial charge in [0.1, 0.15) is 6.07 Å². The Kier molecular flexibility index (Phi) is 2.48. The number of benzene rings is 1. The maximum atomic E-state index is 9.02. The summed E-state index contributed by atoms with van der Waals surface area (Å²) in [4.78, 5) is 4.10. The molecule has 1 aliphatic rings. The van der Waals surface area contributed by atoms with E-state index < -0.39 is 0 Å². The summed E-state index contributed by atoms with van der Waals surface area (Å²) in [6.45, 7) is 1.40. The van der Waals surface area contributed by atoms with Crippen molar-refractivity contribution in [1.82, 2.24) is 0 Å². The van der Waals surface area contributed by atoms with E-state index in [2.05, 4.69) is 11.0 Å². The number of aliphatic hydroxyl groups excluding tert-OH is 1. The van der Waals surface area contributed by atoms with Gasteiger partial charge in [0.25, 0.3) is 0 Å². The van der Waals surface area contributed by atoms with Crippen molar-refractivity contribution in [2.75, 3.05) is 36.7 Å². The molecule has 1 aromatic carbocycles. The van der Waals surface area contributed by atoms with Gasteiger partial charge >= 0.3 is 0 Å². The predicted molar refractivity (Wildman–Crippen MR) is 58.9 cm³/mol. The molecule has 0 saturated heterocycles. The minimum atomic E-state index is 0.104. The molecule has 1 N–H and O–H groups in total. The molecule has 1 aromatic rings. The monoisotopic (exact) mass is 203 g/mol. The lowest BCUT2D eigenvalue weighted by molar-refractivity contribution is 0.302. The van der Waals surface area contributed by atoms with E-state index in [1.165, 1.54) is 0 Å². The van der Waals surface area contributed by atoms with E-state index in [-0.39, 0.29) is 6.61 Å². The van der Waals surface area contributed by atoms with Gasteiger partial charge in [-0.2, -0.15) is 5.26 Å². The topological polar surface area (TPSA) is 50.5 Å². The highest BCUT2D eigenvalue weighted by atomic mass is 16.3. The van der Waals surface area contributed by atoms with Crippen LogP contribution in [0.15, 0.2) is 18.2 Å². The fraction of sp³-hybridized carbons (Fsp3) is 0.364. The predicted octanol–water partition coefficient (Wildman–Crippen LogP) is 0.764. The van der Waals surface area contributed by atoms with Crippen LogP contribution in [0.1, 0.15) is 5.56 Å². The maximum absolute atomic E-state index is 9.02. The maximum Gasteiger partial charge on any atom is 0.101 e. The lowest BCUT2D eigenvalue weighted by Crippen LogP contribution is -2.30. The summed E-state index contributed by atoms with van der Waals surface area (Å²) in [6, 6.07) is 7.87. The van der Waals surface area contributed by atoms with Gasteiger partial charge in [0.15, 0.2) is 0 Å². The number of hydrogen-bond acceptors (Lipinski definition) is 4. The second-order valence-electron chi connectivity index (χ2n) is 3.61. The minimum absolute atomic E-state index is 0.104. The van der Waals surface area contributed by atoms with Crippen LogP contribution in [0.5, 0.6) is 0 Å². The molecule has 0 bridgehead atoms. The molecule has 0 unspecified atom stereocenters. The smallest absolute Gasteiger partial charge is 0.101 e. The van der Waals surface area contributed by atoms with Crippen LogP contribution in [-0.4, -0.2) is 32.0 Å². The molecular weight excluding hydrogens is 190 g/mol. The quantitative estimate of drug-likeness (QED) is 0.771.